The van der Waals surface area contributed by atoms with Gasteiger partial charge in [-0.15, -0.1) is 11.8 Å². The second-order valence-electron chi connectivity index (χ2n) is 5.86. The van der Waals surface area contributed by atoms with Gasteiger partial charge >= 0.3 is 0 Å². The van der Waals surface area contributed by atoms with Crippen LogP contribution in [0.3, 0.4) is 0 Å². The van der Waals surface area contributed by atoms with Crippen LogP contribution in [-0.2, 0) is 15.3 Å². The number of rotatable bonds is 6. The van der Waals surface area contributed by atoms with Gasteiger partial charge in [-0.25, -0.2) is 4.39 Å². The van der Waals surface area contributed by atoms with E-state index in [0.717, 1.165) is 24.2 Å². The normalized spacial score (nSPS) is 14.0. The molecule has 1 saturated heterocycles. The Morgan fingerprint density at radius 3 is 2.48 bits per heavy atom. The van der Waals surface area contributed by atoms with Crippen LogP contribution >= 0.6 is 11.8 Å². The standard InChI is InChI=1S/C19H19FN2O2S/c20-15-5-3-14(4-6-15)12-25-13-18(23)21-16-7-9-17(10-8-16)22-11-1-2-19(22)24/h3-10H,1-2,11-13H2,(H,21,23). The molecule has 3 rings (SSSR count). The van der Waals surface area contributed by atoms with Crippen LogP contribution in [0.25, 0.3) is 0 Å². The highest BCUT2D eigenvalue weighted by Crippen LogP contribution is 2.23. The molecule has 0 spiro atoms. The molecule has 0 aliphatic carbocycles. The van der Waals surface area contributed by atoms with Crippen LogP contribution in [0.2, 0.25) is 0 Å². The number of anilines is 2. The van der Waals surface area contributed by atoms with Crippen molar-refractivity contribution in [1.82, 2.24) is 0 Å². The number of nitrogens with one attached hydrogen (secondary N) is 1. The lowest BCUT2D eigenvalue weighted by molar-refractivity contribution is -0.117. The zero-order valence-corrected chi connectivity index (χ0v) is 14.5. The molecule has 0 radical (unpaired) electrons. The third-order valence-electron chi connectivity index (χ3n) is 3.95. The number of hydrogen-bond acceptors (Lipinski definition) is 3. The van der Waals surface area contributed by atoms with Crippen molar-refractivity contribution in [3.63, 3.8) is 0 Å². The SMILES string of the molecule is O=C(CSCc1ccc(F)cc1)Nc1ccc(N2CCCC2=O)cc1. The van der Waals surface area contributed by atoms with Crippen LogP contribution in [0, 0.1) is 5.82 Å². The first-order chi connectivity index (χ1) is 12.1. The van der Waals surface area contributed by atoms with E-state index in [9.17, 15) is 14.0 Å². The van der Waals surface area contributed by atoms with E-state index in [1.54, 1.807) is 17.0 Å². The number of benzene rings is 2. The lowest BCUT2D eigenvalue weighted by atomic mass is 10.2. The van der Waals surface area contributed by atoms with Crippen LogP contribution in [0.15, 0.2) is 48.5 Å². The largest absolute Gasteiger partial charge is 0.325 e. The Morgan fingerprint density at radius 1 is 1.12 bits per heavy atom. The number of carbonyl (C=O) groups is 2. The maximum atomic E-state index is 12.8. The van der Waals surface area contributed by atoms with Crippen LogP contribution in [-0.4, -0.2) is 24.1 Å². The molecule has 1 heterocycles. The van der Waals surface area contributed by atoms with Crippen LogP contribution in [0.1, 0.15) is 18.4 Å². The Kier molecular flexibility index (Phi) is 5.71. The Bertz CT molecular complexity index is 747. The lowest BCUT2D eigenvalue weighted by Crippen LogP contribution is -2.23. The summed E-state index contributed by atoms with van der Waals surface area (Å²) in [5.41, 5.74) is 2.56. The third-order valence-corrected chi connectivity index (χ3v) is 4.96. The summed E-state index contributed by atoms with van der Waals surface area (Å²) in [5.74, 6) is 0.782. The molecule has 4 nitrogen and oxygen atoms in total. The fourth-order valence-electron chi connectivity index (χ4n) is 2.69. The van der Waals surface area contributed by atoms with E-state index in [-0.39, 0.29) is 17.6 Å². The maximum Gasteiger partial charge on any atom is 0.234 e. The number of nitrogens with zero attached hydrogens (tertiary/aromatic N) is 1. The highest BCUT2D eigenvalue weighted by atomic mass is 32.2. The minimum absolute atomic E-state index is 0.0860. The number of halogens is 1. The summed E-state index contributed by atoms with van der Waals surface area (Å²) in [7, 11) is 0. The van der Waals surface area contributed by atoms with Gasteiger partial charge in [-0.05, 0) is 48.4 Å². The van der Waals surface area contributed by atoms with Gasteiger partial charge in [-0.3, -0.25) is 9.59 Å². The quantitative estimate of drug-likeness (QED) is 0.854. The summed E-state index contributed by atoms with van der Waals surface area (Å²) >= 11 is 1.48. The Labute approximate surface area is 150 Å². The van der Waals surface area contributed by atoms with Gasteiger partial charge in [-0.2, -0.15) is 0 Å². The zero-order valence-electron chi connectivity index (χ0n) is 13.7. The zero-order chi connectivity index (χ0) is 17.6. The van der Waals surface area contributed by atoms with Crippen molar-refractivity contribution in [3.05, 3.63) is 59.9 Å². The van der Waals surface area contributed by atoms with E-state index in [4.69, 9.17) is 0 Å². The average Bonchev–Trinajstić information content (AvgIpc) is 3.03. The van der Waals surface area contributed by atoms with Crippen LogP contribution in [0.4, 0.5) is 15.8 Å². The topological polar surface area (TPSA) is 49.4 Å². The molecular weight excluding hydrogens is 339 g/mol. The second-order valence-corrected chi connectivity index (χ2v) is 6.85. The Hall–Kier alpha value is -2.34. The summed E-state index contributed by atoms with van der Waals surface area (Å²) in [5, 5.41) is 2.84. The average molecular weight is 358 g/mol. The first kappa shape index (κ1) is 17.5. The molecule has 1 N–H and O–H groups in total. The van der Waals surface area contributed by atoms with Gasteiger partial charge in [0, 0.05) is 30.1 Å². The van der Waals surface area contributed by atoms with Gasteiger partial charge in [0.2, 0.25) is 11.8 Å². The predicted molar refractivity (Wildman–Crippen MR) is 99.2 cm³/mol. The van der Waals surface area contributed by atoms with Gasteiger partial charge in [0.05, 0.1) is 5.75 Å². The minimum Gasteiger partial charge on any atom is -0.325 e. The van der Waals surface area contributed by atoms with Gasteiger partial charge in [0.15, 0.2) is 0 Å². The number of amides is 2. The fourth-order valence-corrected chi connectivity index (χ4v) is 3.47. The van der Waals surface area contributed by atoms with E-state index >= 15 is 0 Å². The number of carbonyl (C=O) groups excluding carboxylic acids is 2. The minimum atomic E-state index is -0.259. The molecule has 2 amide bonds. The number of hydrogen-bond donors (Lipinski definition) is 1. The predicted octanol–water partition coefficient (Wildman–Crippen LogP) is 3.82. The molecule has 2 aromatic carbocycles. The van der Waals surface area contributed by atoms with E-state index in [1.807, 2.05) is 24.3 Å². The van der Waals surface area contributed by atoms with Crippen molar-refractivity contribution >= 4 is 35.0 Å². The van der Waals surface area contributed by atoms with Crippen LogP contribution < -0.4 is 10.2 Å². The smallest absolute Gasteiger partial charge is 0.234 e. The highest BCUT2D eigenvalue weighted by Gasteiger charge is 2.21. The summed E-state index contributed by atoms with van der Waals surface area (Å²) in [4.78, 5) is 25.5. The Balaban J connectivity index is 1.46. The third kappa shape index (κ3) is 4.82. The summed E-state index contributed by atoms with van der Waals surface area (Å²) in [6, 6.07) is 13.6. The first-order valence-corrected chi connectivity index (χ1v) is 9.30. The summed E-state index contributed by atoms with van der Waals surface area (Å²) in [6.07, 6.45) is 1.49. The molecular formula is C19H19FN2O2S. The molecule has 0 bridgehead atoms. The lowest BCUT2D eigenvalue weighted by Gasteiger charge is -2.16. The molecule has 0 atom stereocenters. The first-order valence-electron chi connectivity index (χ1n) is 8.14. The maximum absolute atomic E-state index is 12.8. The van der Waals surface area contributed by atoms with Crippen molar-refractivity contribution in [1.29, 1.82) is 0 Å². The van der Waals surface area contributed by atoms with Crippen molar-refractivity contribution in [2.24, 2.45) is 0 Å². The summed E-state index contributed by atoms with van der Waals surface area (Å²) in [6.45, 7) is 0.755. The highest BCUT2D eigenvalue weighted by molar-refractivity contribution is 7.99. The molecule has 25 heavy (non-hydrogen) atoms. The molecule has 0 saturated carbocycles. The summed E-state index contributed by atoms with van der Waals surface area (Å²) < 4.78 is 12.8. The van der Waals surface area contributed by atoms with Crippen molar-refractivity contribution in [2.45, 2.75) is 18.6 Å². The molecule has 1 fully saturated rings. The van der Waals surface area contributed by atoms with E-state index < -0.39 is 0 Å². The van der Waals surface area contributed by atoms with Gasteiger partial charge < -0.3 is 10.2 Å². The van der Waals surface area contributed by atoms with Crippen molar-refractivity contribution < 1.29 is 14.0 Å². The molecule has 0 aromatic heterocycles. The van der Waals surface area contributed by atoms with E-state index in [0.29, 0.717) is 23.6 Å². The number of thioether (sulfide) groups is 1. The molecule has 0 unspecified atom stereocenters. The van der Waals surface area contributed by atoms with Gasteiger partial charge in [0.1, 0.15) is 5.82 Å². The Morgan fingerprint density at radius 2 is 1.84 bits per heavy atom. The fraction of sp³-hybridized carbons (Fsp3) is 0.263. The second kappa shape index (κ2) is 8.16. The van der Waals surface area contributed by atoms with E-state index in [1.165, 1.54) is 23.9 Å². The van der Waals surface area contributed by atoms with Gasteiger partial charge in [0.25, 0.3) is 0 Å². The van der Waals surface area contributed by atoms with Crippen molar-refractivity contribution in [2.75, 3.05) is 22.5 Å². The van der Waals surface area contributed by atoms with Gasteiger partial charge in [-0.1, -0.05) is 12.1 Å². The molecule has 1 aliphatic rings. The molecule has 2 aromatic rings. The molecule has 6 heteroatoms. The van der Waals surface area contributed by atoms with E-state index in [2.05, 4.69) is 5.32 Å². The molecule has 130 valence electrons. The molecule has 1 aliphatic heterocycles. The van der Waals surface area contributed by atoms with Crippen LogP contribution in [0.5, 0.6) is 0 Å². The monoisotopic (exact) mass is 358 g/mol. The van der Waals surface area contributed by atoms with Crippen molar-refractivity contribution in [3.8, 4) is 0 Å².